The monoisotopic (exact) mass is 318 g/mol. The zero-order valence-electron chi connectivity index (χ0n) is 14.2. The molecule has 0 aromatic heterocycles. The van der Waals surface area contributed by atoms with Crippen molar-refractivity contribution < 1.29 is 19.7 Å². The normalized spacial score (nSPS) is 36.5. The van der Waals surface area contributed by atoms with Crippen LogP contribution in [0.1, 0.15) is 32.4 Å². The number of aliphatic hydroxyl groups is 1. The van der Waals surface area contributed by atoms with Crippen molar-refractivity contribution in [3.63, 3.8) is 0 Å². The van der Waals surface area contributed by atoms with E-state index in [1.807, 2.05) is 12.1 Å². The number of hydrogen-bond donors (Lipinski definition) is 2. The number of fused-ring (bicyclic) bond motifs is 2. The zero-order valence-corrected chi connectivity index (χ0v) is 14.2. The van der Waals surface area contributed by atoms with E-state index in [1.54, 1.807) is 13.2 Å². The van der Waals surface area contributed by atoms with Crippen LogP contribution in [0.4, 0.5) is 0 Å². The quantitative estimate of drug-likeness (QED) is 0.840. The minimum absolute atomic E-state index is 0.0806. The smallest absolute Gasteiger partial charge is 0.160 e. The molecule has 0 amide bonds. The molecule has 1 aromatic carbocycles. The maximum absolute atomic E-state index is 10.0. The highest BCUT2D eigenvalue weighted by Crippen LogP contribution is 2.56. The van der Waals surface area contributed by atoms with Crippen molar-refractivity contribution in [1.82, 2.24) is 0 Å². The van der Waals surface area contributed by atoms with E-state index in [4.69, 9.17) is 9.47 Å². The molecule has 126 valence electrons. The van der Waals surface area contributed by atoms with Gasteiger partial charge in [0.1, 0.15) is 0 Å². The molecule has 0 unspecified atom stereocenters. The van der Waals surface area contributed by atoms with E-state index in [1.165, 1.54) is 5.57 Å². The summed E-state index contributed by atoms with van der Waals surface area (Å²) < 4.78 is 11.5. The Kier molecular flexibility index (Phi) is 4.15. The summed E-state index contributed by atoms with van der Waals surface area (Å²) >= 11 is 0. The predicted octanol–water partition coefficient (Wildman–Crippen LogP) is 3.30. The summed E-state index contributed by atoms with van der Waals surface area (Å²) in [6.07, 6.45) is 2.21. The first-order valence-corrected chi connectivity index (χ1v) is 8.22. The van der Waals surface area contributed by atoms with Crippen molar-refractivity contribution in [1.29, 1.82) is 0 Å². The molecule has 2 N–H and O–H groups in total. The van der Waals surface area contributed by atoms with E-state index in [9.17, 15) is 10.2 Å². The lowest BCUT2D eigenvalue weighted by atomic mass is 9.56. The summed E-state index contributed by atoms with van der Waals surface area (Å²) in [6.45, 7) is 7.22. The van der Waals surface area contributed by atoms with Gasteiger partial charge in [0.25, 0.3) is 0 Å². The number of phenolic OH excluding ortho intramolecular Hbond substituents is 1. The summed E-state index contributed by atoms with van der Waals surface area (Å²) in [5, 5.41) is 19.9. The second-order valence-electron chi connectivity index (χ2n) is 7.07. The van der Waals surface area contributed by atoms with Gasteiger partial charge in [0.2, 0.25) is 0 Å². The lowest BCUT2D eigenvalue weighted by Gasteiger charge is -2.55. The highest BCUT2D eigenvalue weighted by Gasteiger charge is 2.53. The van der Waals surface area contributed by atoms with Gasteiger partial charge in [-0.15, -0.1) is 0 Å². The van der Waals surface area contributed by atoms with Gasteiger partial charge in [-0.3, -0.25) is 0 Å². The summed E-state index contributed by atoms with van der Waals surface area (Å²) in [5.74, 6) is 1.44. The molecule has 1 fully saturated rings. The number of methoxy groups -OCH3 is 1. The molecule has 2 bridgehead atoms. The average Bonchev–Trinajstić information content (AvgIpc) is 2.53. The molecule has 5 atom stereocenters. The summed E-state index contributed by atoms with van der Waals surface area (Å²) in [7, 11) is 1.55. The second kappa shape index (κ2) is 5.84. The molecule has 23 heavy (non-hydrogen) atoms. The molecule has 3 rings (SSSR count). The number of benzene rings is 1. The first-order chi connectivity index (χ1) is 10.9. The lowest BCUT2D eigenvalue weighted by Crippen LogP contribution is -2.53. The Morgan fingerprint density at radius 2 is 2.09 bits per heavy atom. The van der Waals surface area contributed by atoms with Crippen LogP contribution in [-0.2, 0) is 4.74 Å². The minimum Gasteiger partial charge on any atom is -0.504 e. The SMILES string of the molecule is COc1cc([C@H]2OC[C@]3(CO)[C@H](C)C=C(C)[C@H]2[C@H]3C)ccc1O. The summed E-state index contributed by atoms with van der Waals surface area (Å²) in [6, 6.07) is 5.40. The molecular weight excluding hydrogens is 292 g/mol. The molecule has 4 nitrogen and oxygen atoms in total. The van der Waals surface area contributed by atoms with Gasteiger partial charge >= 0.3 is 0 Å². The highest BCUT2D eigenvalue weighted by atomic mass is 16.5. The van der Waals surface area contributed by atoms with Crippen LogP contribution in [-0.4, -0.2) is 30.5 Å². The van der Waals surface area contributed by atoms with E-state index in [0.29, 0.717) is 24.2 Å². The molecule has 4 heteroatoms. The van der Waals surface area contributed by atoms with Gasteiger partial charge in [0, 0.05) is 11.3 Å². The lowest BCUT2D eigenvalue weighted by molar-refractivity contribution is -0.165. The van der Waals surface area contributed by atoms with Gasteiger partial charge in [-0.1, -0.05) is 31.6 Å². The van der Waals surface area contributed by atoms with Gasteiger partial charge in [0.15, 0.2) is 11.5 Å². The van der Waals surface area contributed by atoms with Crippen LogP contribution in [0.25, 0.3) is 0 Å². The molecule has 1 heterocycles. The maximum atomic E-state index is 10.0. The van der Waals surface area contributed by atoms with Crippen LogP contribution in [0.15, 0.2) is 29.8 Å². The standard InChI is InChI=1S/C19H26O4/c1-11-7-12(2)19(9-20)10-23-18(17(11)13(19)3)14-5-6-15(21)16(8-14)22-4/h5-8,12-13,17-18,20-21H,9-10H2,1-4H3/t12-,13-,17+,18-,19-/m1/s1. The molecule has 1 aliphatic carbocycles. The summed E-state index contributed by atoms with van der Waals surface area (Å²) in [5.41, 5.74) is 2.11. The molecule has 0 spiro atoms. The Balaban J connectivity index is 2.02. The minimum atomic E-state index is -0.207. The number of ether oxygens (including phenoxy) is 2. The number of phenols is 1. The fourth-order valence-corrected chi connectivity index (χ4v) is 4.46. The third-order valence-electron chi connectivity index (χ3n) is 6.08. The van der Waals surface area contributed by atoms with Crippen molar-refractivity contribution in [3.8, 4) is 11.5 Å². The first kappa shape index (κ1) is 16.3. The topological polar surface area (TPSA) is 58.9 Å². The highest BCUT2D eigenvalue weighted by molar-refractivity contribution is 5.43. The molecule has 0 saturated carbocycles. The van der Waals surface area contributed by atoms with E-state index in [2.05, 4.69) is 26.8 Å². The molecule has 1 aliphatic heterocycles. The van der Waals surface area contributed by atoms with Crippen LogP contribution < -0.4 is 4.74 Å². The van der Waals surface area contributed by atoms with Crippen molar-refractivity contribution in [3.05, 3.63) is 35.4 Å². The first-order valence-electron chi connectivity index (χ1n) is 8.22. The fraction of sp³-hybridized carbons (Fsp3) is 0.579. The van der Waals surface area contributed by atoms with Gasteiger partial charge in [-0.2, -0.15) is 0 Å². The molecule has 1 aromatic rings. The van der Waals surface area contributed by atoms with Crippen molar-refractivity contribution in [2.45, 2.75) is 26.9 Å². The molecular formula is C19H26O4. The zero-order chi connectivity index (χ0) is 16.8. The van der Waals surface area contributed by atoms with Crippen LogP contribution in [0, 0.1) is 23.2 Å². The van der Waals surface area contributed by atoms with Crippen LogP contribution >= 0.6 is 0 Å². The number of hydrogen-bond acceptors (Lipinski definition) is 4. The summed E-state index contributed by atoms with van der Waals surface area (Å²) in [4.78, 5) is 0. The number of allylic oxidation sites excluding steroid dienone is 1. The molecule has 1 saturated heterocycles. The third-order valence-corrected chi connectivity index (χ3v) is 6.08. The Labute approximate surface area is 137 Å². The van der Waals surface area contributed by atoms with E-state index in [0.717, 1.165) is 5.56 Å². The average molecular weight is 318 g/mol. The predicted molar refractivity (Wildman–Crippen MR) is 88.4 cm³/mol. The van der Waals surface area contributed by atoms with Crippen LogP contribution in [0.2, 0.25) is 0 Å². The Morgan fingerprint density at radius 1 is 1.35 bits per heavy atom. The van der Waals surface area contributed by atoms with E-state index in [-0.39, 0.29) is 29.8 Å². The van der Waals surface area contributed by atoms with Crippen LogP contribution in [0.3, 0.4) is 0 Å². The van der Waals surface area contributed by atoms with Gasteiger partial charge in [0.05, 0.1) is 26.4 Å². The maximum Gasteiger partial charge on any atom is 0.160 e. The van der Waals surface area contributed by atoms with Crippen molar-refractivity contribution in [2.75, 3.05) is 20.3 Å². The number of aliphatic hydroxyl groups excluding tert-OH is 1. The largest absolute Gasteiger partial charge is 0.504 e. The molecule has 2 aliphatic rings. The molecule has 0 radical (unpaired) electrons. The Bertz CT molecular complexity index is 624. The van der Waals surface area contributed by atoms with Gasteiger partial charge in [-0.05, 0) is 36.5 Å². The van der Waals surface area contributed by atoms with Gasteiger partial charge in [-0.25, -0.2) is 0 Å². The van der Waals surface area contributed by atoms with Crippen molar-refractivity contribution in [2.24, 2.45) is 23.2 Å². The van der Waals surface area contributed by atoms with Gasteiger partial charge < -0.3 is 19.7 Å². The Hall–Kier alpha value is -1.52. The van der Waals surface area contributed by atoms with E-state index < -0.39 is 0 Å². The Morgan fingerprint density at radius 3 is 2.74 bits per heavy atom. The fourth-order valence-electron chi connectivity index (χ4n) is 4.46. The van der Waals surface area contributed by atoms with Crippen LogP contribution in [0.5, 0.6) is 11.5 Å². The van der Waals surface area contributed by atoms with E-state index >= 15 is 0 Å². The number of aromatic hydroxyl groups is 1. The number of rotatable bonds is 3. The third kappa shape index (κ3) is 2.36. The van der Waals surface area contributed by atoms with Crippen molar-refractivity contribution >= 4 is 0 Å². The second-order valence-corrected chi connectivity index (χ2v) is 7.07.